The Balaban J connectivity index is 0.000000288. The first-order valence-corrected chi connectivity index (χ1v) is 5.98. The minimum Gasteiger partial charge on any atom is -0.382 e. The topological polar surface area (TPSA) is 63.2 Å². The molecule has 1 aliphatic heterocycles. The number of hydrogen-bond acceptors (Lipinski definition) is 6. The van der Waals surface area contributed by atoms with Crippen LogP contribution in [0.25, 0.3) is 0 Å². The zero-order chi connectivity index (χ0) is 12.2. The summed E-state index contributed by atoms with van der Waals surface area (Å²) in [5.74, 6) is 0. The Labute approximate surface area is 99.0 Å². The maximum Gasteiger partial charge on any atom is 0.305 e. The molecule has 1 fully saturated rings. The van der Waals surface area contributed by atoms with Crippen LogP contribution in [0.4, 0.5) is 0 Å². The molecular weight excluding hydrogens is 236 g/mol. The van der Waals surface area contributed by atoms with Crippen molar-refractivity contribution in [2.45, 2.75) is 13.0 Å². The van der Waals surface area contributed by atoms with Crippen LogP contribution in [-0.4, -0.2) is 57.6 Å². The lowest BCUT2D eigenvalue weighted by Gasteiger charge is -2.00. The highest BCUT2D eigenvalue weighted by Gasteiger charge is 2.17. The molecule has 0 spiro atoms. The molecule has 1 aliphatic rings. The van der Waals surface area contributed by atoms with Gasteiger partial charge in [-0.05, 0) is 6.92 Å². The average molecular weight is 256 g/mol. The third-order valence-corrected chi connectivity index (χ3v) is 2.32. The average Bonchev–Trinajstić information content (AvgIpc) is 2.63. The zero-order valence-electron chi connectivity index (χ0n) is 9.97. The molecule has 0 radical (unpaired) electrons. The molecule has 16 heavy (non-hydrogen) atoms. The molecular formula is C9H20O6S. The van der Waals surface area contributed by atoms with Crippen molar-refractivity contribution < 1.29 is 26.8 Å². The lowest BCUT2D eigenvalue weighted by Crippen LogP contribution is -2.06. The van der Waals surface area contributed by atoms with Crippen molar-refractivity contribution in [1.82, 2.24) is 0 Å². The van der Waals surface area contributed by atoms with Gasteiger partial charge in [0.1, 0.15) is 0 Å². The van der Waals surface area contributed by atoms with Crippen molar-refractivity contribution in [3.05, 3.63) is 0 Å². The van der Waals surface area contributed by atoms with Gasteiger partial charge in [0.05, 0.1) is 39.1 Å². The van der Waals surface area contributed by atoms with E-state index in [2.05, 4.69) is 8.37 Å². The van der Waals surface area contributed by atoms with E-state index in [-0.39, 0.29) is 6.10 Å². The van der Waals surface area contributed by atoms with E-state index in [0.29, 0.717) is 33.0 Å². The lowest BCUT2D eigenvalue weighted by molar-refractivity contribution is 0.0385. The van der Waals surface area contributed by atoms with Crippen molar-refractivity contribution >= 4 is 11.4 Å². The van der Waals surface area contributed by atoms with Crippen LogP contribution in [0.2, 0.25) is 0 Å². The first-order chi connectivity index (χ1) is 7.70. The second kappa shape index (κ2) is 11.4. The minimum absolute atomic E-state index is 0.000772. The van der Waals surface area contributed by atoms with Crippen LogP contribution in [0, 0.1) is 0 Å². The van der Waals surface area contributed by atoms with Gasteiger partial charge in [-0.1, -0.05) is 0 Å². The predicted molar refractivity (Wildman–Crippen MR) is 59.2 cm³/mol. The molecule has 98 valence electrons. The van der Waals surface area contributed by atoms with Gasteiger partial charge in [-0.2, -0.15) is 4.21 Å². The summed E-state index contributed by atoms with van der Waals surface area (Å²) in [6.07, 6.45) is 0.000772. The highest BCUT2D eigenvalue weighted by atomic mass is 32.2. The van der Waals surface area contributed by atoms with Gasteiger partial charge < -0.3 is 14.2 Å². The summed E-state index contributed by atoms with van der Waals surface area (Å²) in [5.41, 5.74) is 0. The van der Waals surface area contributed by atoms with Crippen LogP contribution < -0.4 is 0 Å². The van der Waals surface area contributed by atoms with E-state index in [1.807, 2.05) is 6.92 Å². The summed E-state index contributed by atoms with van der Waals surface area (Å²) >= 11 is -1.45. The minimum atomic E-state index is -1.45. The lowest BCUT2D eigenvalue weighted by atomic mass is 10.5. The second-order valence-electron chi connectivity index (χ2n) is 2.99. The maximum atomic E-state index is 10.1. The summed E-state index contributed by atoms with van der Waals surface area (Å²) in [4.78, 5) is 0. The van der Waals surface area contributed by atoms with E-state index in [9.17, 15) is 4.21 Å². The number of rotatable bonds is 6. The van der Waals surface area contributed by atoms with Gasteiger partial charge >= 0.3 is 11.4 Å². The first-order valence-electron chi connectivity index (χ1n) is 4.98. The Hall–Kier alpha value is -0.0500. The molecule has 0 amide bonds. The third-order valence-electron chi connectivity index (χ3n) is 1.51. The van der Waals surface area contributed by atoms with Crippen molar-refractivity contribution in [3.63, 3.8) is 0 Å². The van der Waals surface area contributed by atoms with E-state index in [0.717, 1.165) is 0 Å². The molecule has 0 aliphatic carbocycles. The molecule has 0 N–H and O–H groups in total. The number of methoxy groups -OCH3 is 2. The molecule has 0 bridgehead atoms. The Morgan fingerprint density at radius 2 is 1.75 bits per heavy atom. The molecule has 1 saturated heterocycles. The molecule has 1 rings (SSSR count). The molecule has 2 atom stereocenters. The molecule has 2 unspecified atom stereocenters. The Morgan fingerprint density at radius 1 is 1.19 bits per heavy atom. The predicted octanol–water partition coefficient (Wildman–Crippen LogP) is 0.296. The fraction of sp³-hybridized carbons (Fsp3) is 1.00. The Morgan fingerprint density at radius 3 is 2.00 bits per heavy atom. The van der Waals surface area contributed by atoms with Crippen LogP contribution in [0.5, 0.6) is 0 Å². The van der Waals surface area contributed by atoms with Crippen molar-refractivity contribution in [1.29, 1.82) is 0 Å². The number of ether oxygens (including phenoxy) is 3. The molecule has 1 heterocycles. The second-order valence-corrected chi connectivity index (χ2v) is 3.83. The van der Waals surface area contributed by atoms with E-state index >= 15 is 0 Å². The van der Waals surface area contributed by atoms with Gasteiger partial charge in [-0.25, -0.2) is 0 Å². The van der Waals surface area contributed by atoms with Crippen LogP contribution in [-0.2, 0) is 33.9 Å². The van der Waals surface area contributed by atoms with Crippen molar-refractivity contribution in [2.24, 2.45) is 0 Å². The Bertz CT molecular complexity index is 171. The quantitative estimate of drug-likeness (QED) is 0.637. The molecule has 0 aromatic rings. The van der Waals surface area contributed by atoms with Crippen LogP contribution in [0.3, 0.4) is 0 Å². The van der Waals surface area contributed by atoms with E-state index in [1.165, 1.54) is 0 Å². The van der Waals surface area contributed by atoms with E-state index < -0.39 is 11.4 Å². The normalized spacial score (nSPS) is 23.9. The molecule has 0 aromatic heterocycles. The van der Waals surface area contributed by atoms with E-state index in [1.54, 1.807) is 14.2 Å². The summed E-state index contributed by atoms with van der Waals surface area (Å²) < 4.78 is 33.8. The van der Waals surface area contributed by atoms with Crippen molar-refractivity contribution in [3.8, 4) is 0 Å². The van der Waals surface area contributed by atoms with Gasteiger partial charge in [0, 0.05) is 14.2 Å². The summed E-state index contributed by atoms with van der Waals surface area (Å²) in [6.45, 7) is 4.88. The van der Waals surface area contributed by atoms with Crippen molar-refractivity contribution in [2.75, 3.05) is 47.3 Å². The molecule has 0 aromatic carbocycles. The molecule has 0 saturated carbocycles. The van der Waals surface area contributed by atoms with Crippen LogP contribution >= 0.6 is 0 Å². The summed E-state index contributed by atoms with van der Waals surface area (Å²) in [7, 11) is 3.30. The fourth-order valence-corrected chi connectivity index (χ4v) is 1.41. The van der Waals surface area contributed by atoms with Crippen LogP contribution in [0.15, 0.2) is 0 Å². The summed E-state index contributed by atoms with van der Waals surface area (Å²) in [6, 6.07) is 0. The maximum absolute atomic E-state index is 10.1. The smallest absolute Gasteiger partial charge is 0.305 e. The standard InChI is InChI=1S/C6H14O3.C3H6O3S/c1-7-3-5-9-6-4-8-2;1-3-2-5-7(4)6-3/h3-6H2,1-2H3;3H,2H2,1H3. The monoisotopic (exact) mass is 256 g/mol. The van der Waals surface area contributed by atoms with Gasteiger partial charge in [0.15, 0.2) is 0 Å². The third kappa shape index (κ3) is 10.5. The first kappa shape index (κ1) is 16.0. The Kier molecular flexibility index (Phi) is 11.4. The highest BCUT2D eigenvalue weighted by Crippen LogP contribution is 2.05. The van der Waals surface area contributed by atoms with Gasteiger partial charge in [-0.15, -0.1) is 0 Å². The SMILES string of the molecule is CC1COS(=O)O1.COCCOCCOC. The van der Waals surface area contributed by atoms with Gasteiger partial charge in [0.2, 0.25) is 0 Å². The van der Waals surface area contributed by atoms with Gasteiger partial charge in [-0.3, -0.25) is 8.37 Å². The molecule has 7 heteroatoms. The molecule has 6 nitrogen and oxygen atoms in total. The largest absolute Gasteiger partial charge is 0.382 e. The van der Waals surface area contributed by atoms with Crippen LogP contribution in [0.1, 0.15) is 6.92 Å². The highest BCUT2D eigenvalue weighted by molar-refractivity contribution is 7.75. The fourth-order valence-electron chi connectivity index (χ4n) is 0.728. The number of hydrogen-bond donors (Lipinski definition) is 0. The van der Waals surface area contributed by atoms with Gasteiger partial charge in [0.25, 0.3) is 0 Å². The summed E-state index contributed by atoms with van der Waals surface area (Å²) in [5, 5.41) is 0. The zero-order valence-corrected chi connectivity index (χ0v) is 10.8. The van der Waals surface area contributed by atoms with E-state index in [4.69, 9.17) is 14.2 Å².